The van der Waals surface area contributed by atoms with Gasteiger partial charge in [-0.3, -0.25) is 4.98 Å². The van der Waals surface area contributed by atoms with E-state index in [4.69, 9.17) is 0 Å². The summed E-state index contributed by atoms with van der Waals surface area (Å²) in [6, 6.07) is 3.82. The van der Waals surface area contributed by atoms with Crippen molar-refractivity contribution in [2.24, 2.45) is 0 Å². The zero-order valence-corrected chi connectivity index (χ0v) is 10.0. The molecule has 0 saturated carbocycles. The highest BCUT2D eigenvalue weighted by atomic mass is 79.9. The maximum Gasteiger partial charge on any atom is 0.179 e. The number of nitrogens with one attached hydrogen (secondary N) is 1. The molecule has 0 aromatic carbocycles. The quantitative estimate of drug-likeness (QED) is 0.865. The van der Waals surface area contributed by atoms with Crippen molar-refractivity contribution in [2.45, 2.75) is 13.1 Å². The highest BCUT2D eigenvalue weighted by Crippen LogP contribution is 2.23. The second kappa shape index (κ2) is 3.92. The lowest BCUT2D eigenvalue weighted by atomic mass is 10.2. The van der Waals surface area contributed by atoms with E-state index in [-0.39, 0.29) is 0 Å². The van der Waals surface area contributed by atoms with Gasteiger partial charge in [0.25, 0.3) is 0 Å². The number of nitrogens with zero attached hydrogens (tertiary/aromatic N) is 3. The summed E-state index contributed by atoms with van der Waals surface area (Å²) >= 11 is 3.46. The van der Waals surface area contributed by atoms with Gasteiger partial charge in [0, 0.05) is 35.5 Å². The Bertz CT molecular complexity index is 541. The van der Waals surface area contributed by atoms with Gasteiger partial charge in [-0.1, -0.05) is 0 Å². The lowest BCUT2D eigenvalue weighted by Crippen LogP contribution is -2.00. The molecule has 0 atom stereocenters. The number of fused-ring (bicyclic) bond motifs is 1. The first-order chi connectivity index (χ1) is 7.84. The molecule has 3 heterocycles. The van der Waals surface area contributed by atoms with Crippen LogP contribution in [-0.2, 0) is 13.1 Å². The van der Waals surface area contributed by atoms with Gasteiger partial charge < -0.3 is 5.32 Å². The summed E-state index contributed by atoms with van der Waals surface area (Å²) in [6.07, 6.45) is 3.62. The molecular formula is C11H9BrN4. The van der Waals surface area contributed by atoms with Gasteiger partial charge in [0.15, 0.2) is 5.82 Å². The summed E-state index contributed by atoms with van der Waals surface area (Å²) in [5.74, 6) is 0.676. The van der Waals surface area contributed by atoms with Crippen LogP contribution in [0.1, 0.15) is 11.3 Å². The van der Waals surface area contributed by atoms with Crippen LogP contribution in [0.5, 0.6) is 0 Å². The SMILES string of the molecule is Brc1cccnc1-c1ncc2c(n1)CNC2. The van der Waals surface area contributed by atoms with E-state index in [0.29, 0.717) is 5.82 Å². The molecule has 0 bridgehead atoms. The van der Waals surface area contributed by atoms with Crippen LogP contribution < -0.4 is 5.32 Å². The van der Waals surface area contributed by atoms with Crippen LogP contribution in [0.2, 0.25) is 0 Å². The fourth-order valence-corrected chi connectivity index (χ4v) is 2.16. The van der Waals surface area contributed by atoms with E-state index in [1.807, 2.05) is 18.3 Å². The molecule has 1 N–H and O–H groups in total. The topological polar surface area (TPSA) is 50.7 Å². The summed E-state index contributed by atoms with van der Waals surface area (Å²) in [5, 5.41) is 3.25. The van der Waals surface area contributed by atoms with Crippen LogP contribution in [0.25, 0.3) is 11.5 Å². The van der Waals surface area contributed by atoms with Gasteiger partial charge in [0.05, 0.1) is 5.69 Å². The molecule has 2 aromatic rings. The molecule has 1 aliphatic rings. The first-order valence-electron chi connectivity index (χ1n) is 5.01. The van der Waals surface area contributed by atoms with Gasteiger partial charge in [-0.25, -0.2) is 9.97 Å². The molecule has 1 aliphatic heterocycles. The summed E-state index contributed by atoms with van der Waals surface area (Å²) < 4.78 is 0.918. The number of hydrogen-bond donors (Lipinski definition) is 1. The minimum atomic E-state index is 0.676. The Morgan fingerprint density at radius 1 is 1.25 bits per heavy atom. The van der Waals surface area contributed by atoms with Crippen molar-refractivity contribution in [1.82, 2.24) is 20.3 Å². The Hall–Kier alpha value is -1.33. The lowest BCUT2D eigenvalue weighted by Gasteiger charge is -2.03. The number of halogens is 1. The number of hydrogen-bond acceptors (Lipinski definition) is 4. The highest BCUT2D eigenvalue weighted by molar-refractivity contribution is 9.10. The summed E-state index contributed by atoms with van der Waals surface area (Å²) in [7, 11) is 0. The van der Waals surface area contributed by atoms with Gasteiger partial charge in [-0.05, 0) is 28.1 Å². The molecule has 0 fully saturated rings. The molecule has 0 spiro atoms. The highest BCUT2D eigenvalue weighted by Gasteiger charge is 2.15. The monoisotopic (exact) mass is 276 g/mol. The summed E-state index contributed by atoms with van der Waals surface area (Å²) in [5.41, 5.74) is 3.04. The molecular weight excluding hydrogens is 268 g/mol. The largest absolute Gasteiger partial charge is 0.307 e. The number of pyridine rings is 1. The normalized spacial score (nSPS) is 13.8. The first-order valence-corrected chi connectivity index (χ1v) is 5.80. The van der Waals surface area contributed by atoms with Crippen molar-refractivity contribution in [3.05, 3.63) is 40.3 Å². The van der Waals surface area contributed by atoms with E-state index < -0.39 is 0 Å². The van der Waals surface area contributed by atoms with Gasteiger partial charge in [0.2, 0.25) is 0 Å². The minimum absolute atomic E-state index is 0.676. The fourth-order valence-electron chi connectivity index (χ4n) is 1.72. The predicted molar refractivity (Wildman–Crippen MR) is 63.5 cm³/mol. The molecule has 16 heavy (non-hydrogen) atoms. The molecule has 0 unspecified atom stereocenters. The molecule has 0 radical (unpaired) electrons. The van der Waals surface area contributed by atoms with Gasteiger partial charge in [-0.15, -0.1) is 0 Å². The predicted octanol–water partition coefficient (Wildman–Crippen LogP) is 1.90. The van der Waals surface area contributed by atoms with Gasteiger partial charge in [-0.2, -0.15) is 0 Å². The average molecular weight is 277 g/mol. The Kier molecular flexibility index (Phi) is 2.41. The van der Waals surface area contributed by atoms with E-state index in [0.717, 1.165) is 29.0 Å². The van der Waals surface area contributed by atoms with Crippen molar-refractivity contribution in [2.75, 3.05) is 0 Å². The third-order valence-corrected chi connectivity index (χ3v) is 3.17. The second-order valence-electron chi connectivity index (χ2n) is 3.60. The molecule has 2 aromatic heterocycles. The molecule has 0 amide bonds. The third kappa shape index (κ3) is 1.62. The summed E-state index contributed by atoms with van der Waals surface area (Å²) in [4.78, 5) is 13.1. The minimum Gasteiger partial charge on any atom is -0.307 e. The number of rotatable bonds is 1. The molecule has 5 heteroatoms. The maximum atomic E-state index is 4.52. The Balaban J connectivity index is 2.11. The lowest BCUT2D eigenvalue weighted by molar-refractivity contribution is 0.758. The van der Waals surface area contributed by atoms with Crippen LogP contribution in [0.4, 0.5) is 0 Å². The molecule has 0 aliphatic carbocycles. The maximum absolute atomic E-state index is 4.52. The molecule has 0 saturated heterocycles. The zero-order valence-electron chi connectivity index (χ0n) is 8.44. The van der Waals surface area contributed by atoms with Crippen molar-refractivity contribution < 1.29 is 0 Å². The molecule has 4 nitrogen and oxygen atoms in total. The van der Waals surface area contributed by atoms with Crippen molar-refractivity contribution >= 4 is 15.9 Å². The van der Waals surface area contributed by atoms with E-state index in [9.17, 15) is 0 Å². The Morgan fingerprint density at radius 2 is 2.19 bits per heavy atom. The molecule has 80 valence electrons. The van der Waals surface area contributed by atoms with Crippen molar-refractivity contribution in [3.8, 4) is 11.5 Å². The van der Waals surface area contributed by atoms with Gasteiger partial charge in [0.1, 0.15) is 5.69 Å². The Morgan fingerprint density at radius 3 is 3.06 bits per heavy atom. The first kappa shape index (κ1) is 9.86. The smallest absolute Gasteiger partial charge is 0.179 e. The van der Waals surface area contributed by atoms with E-state index >= 15 is 0 Å². The van der Waals surface area contributed by atoms with E-state index in [1.54, 1.807) is 6.20 Å². The van der Waals surface area contributed by atoms with Crippen LogP contribution in [0.3, 0.4) is 0 Å². The van der Waals surface area contributed by atoms with Crippen LogP contribution in [-0.4, -0.2) is 15.0 Å². The standard InChI is InChI=1S/C11H9BrN4/c12-8-2-1-3-14-10(8)11-15-5-7-4-13-6-9(7)16-11/h1-3,5,13H,4,6H2. The average Bonchev–Trinajstić information content (AvgIpc) is 2.76. The fraction of sp³-hybridized carbons (Fsp3) is 0.182. The van der Waals surface area contributed by atoms with Crippen LogP contribution in [0, 0.1) is 0 Å². The molecule has 3 rings (SSSR count). The van der Waals surface area contributed by atoms with E-state index in [2.05, 4.69) is 36.2 Å². The van der Waals surface area contributed by atoms with Crippen molar-refractivity contribution in [3.63, 3.8) is 0 Å². The zero-order chi connectivity index (χ0) is 11.0. The van der Waals surface area contributed by atoms with E-state index in [1.165, 1.54) is 5.56 Å². The second-order valence-corrected chi connectivity index (χ2v) is 4.46. The van der Waals surface area contributed by atoms with Gasteiger partial charge >= 0.3 is 0 Å². The van der Waals surface area contributed by atoms with Crippen LogP contribution >= 0.6 is 15.9 Å². The van der Waals surface area contributed by atoms with Crippen molar-refractivity contribution in [1.29, 1.82) is 0 Å². The van der Waals surface area contributed by atoms with Crippen LogP contribution in [0.15, 0.2) is 29.0 Å². The Labute approximate surface area is 101 Å². The third-order valence-electron chi connectivity index (χ3n) is 2.53. The number of aromatic nitrogens is 3. The summed E-state index contributed by atoms with van der Waals surface area (Å²) in [6.45, 7) is 1.67.